The Labute approximate surface area is 125 Å². The Kier molecular flexibility index (Phi) is 4.26. The molecular weight excluding hydrogens is 264 g/mol. The average molecular weight is 284 g/mol. The van der Waals surface area contributed by atoms with Crippen LogP contribution in [0.25, 0.3) is 0 Å². The topological polar surface area (TPSA) is 42.3 Å². The van der Waals surface area contributed by atoms with Crippen molar-refractivity contribution in [3.63, 3.8) is 0 Å². The highest BCUT2D eigenvalue weighted by molar-refractivity contribution is 5.99. The van der Waals surface area contributed by atoms with Gasteiger partial charge in [0.15, 0.2) is 5.78 Å². The first-order valence-corrected chi connectivity index (χ1v) is 6.91. The third-order valence-electron chi connectivity index (χ3n) is 3.81. The fourth-order valence-corrected chi connectivity index (χ4v) is 2.28. The molecule has 1 amide bonds. The van der Waals surface area contributed by atoms with E-state index in [0.29, 0.717) is 11.3 Å². The maximum atomic E-state index is 12.6. The van der Waals surface area contributed by atoms with Gasteiger partial charge in [-0.1, -0.05) is 30.3 Å². The lowest BCUT2D eigenvalue weighted by molar-refractivity contribution is 0.0733. The molecule has 0 saturated carbocycles. The molecule has 0 spiro atoms. The summed E-state index contributed by atoms with van der Waals surface area (Å²) in [6.45, 7) is 3.49. The van der Waals surface area contributed by atoms with Crippen molar-refractivity contribution in [1.82, 2.24) is 9.47 Å². The number of carbonyl (C=O) groups is 2. The molecule has 0 bridgehead atoms. The number of rotatable bonds is 4. The van der Waals surface area contributed by atoms with E-state index in [1.807, 2.05) is 37.3 Å². The molecule has 2 rings (SSSR count). The van der Waals surface area contributed by atoms with E-state index in [1.165, 1.54) is 6.92 Å². The number of amides is 1. The van der Waals surface area contributed by atoms with Crippen LogP contribution in [0.4, 0.5) is 0 Å². The molecule has 2 aromatic rings. The Balaban J connectivity index is 2.25. The summed E-state index contributed by atoms with van der Waals surface area (Å²) in [4.78, 5) is 25.7. The normalized spacial score (nSPS) is 12.0. The summed E-state index contributed by atoms with van der Waals surface area (Å²) in [5.41, 5.74) is 2.15. The molecule has 1 aromatic carbocycles. The summed E-state index contributed by atoms with van der Waals surface area (Å²) in [6, 6.07) is 11.5. The third-order valence-corrected chi connectivity index (χ3v) is 3.81. The summed E-state index contributed by atoms with van der Waals surface area (Å²) in [6.07, 6.45) is 1.69. The average Bonchev–Trinajstić information content (AvgIpc) is 2.88. The Bertz CT molecular complexity index is 659. The van der Waals surface area contributed by atoms with Gasteiger partial charge >= 0.3 is 0 Å². The SMILES string of the molecule is CC(=O)c1cc(C(=O)N(C)[C@@H](C)c2ccccc2)n(C)c1. The van der Waals surface area contributed by atoms with Gasteiger partial charge in [0.2, 0.25) is 0 Å². The zero-order valence-electron chi connectivity index (χ0n) is 12.8. The van der Waals surface area contributed by atoms with Gasteiger partial charge in [0.25, 0.3) is 5.91 Å². The third kappa shape index (κ3) is 3.05. The van der Waals surface area contributed by atoms with Gasteiger partial charge in [-0.05, 0) is 25.5 Å². The maximum Gasteiger partial charge on any atom is 0.270 e. The van der Waals surface area contributed by atoms with Gasteiger partial charge in [0.1, 0.15) is 5.69 Å². The summed E-state index contributed by atoms with van der Waals surface area (Å²) in [5.74, 6) is -0.134. The molecule has 1 atom stereocenters. The van der Waals surface area contributed by atoms with Crippen LogP contribution < -0.4 is 0 Å². The number of carbonyl (C=O) groups excluding carboxylic acids is 2. The molecule has 0 radical (unpaired) electrons. The molecule has 21 heavy (non-hydrogen) atoms. The van der Waals surface area contributed by atoms with E-state index in [4.69, 9.17) is 0 Å². The number of hydrogen-bond donors (Lipinski definition) is 0. The van der Waals surface area contributed by atoms with Crippen LogP contribution in [-0.4, -0.2) is 28.2 Å². The van der Waals surface area contributed by atoms with Crippen LogP contribution in [0.3, 0.4) is 0 Å². The predicted molar refractivity (Wildman–Crippen MR) is 82.4 cm³/mol. The number of hydrogen-bond acceptors (Lipinski definition) is 2. The summed E-state index contributed by atoms with van der Waals surface area (Å²) >= 11 is 0. The van der Waals surface area contributed by atoms with Gasteiger partial charge in [-0.15, -0.1) is 0 Å². The molecule has 4 heteroatoms. The summed E-state index contributed by atoms with van der Waals surface area (Å²) in [7, 11) is 3.56. The monoisotopic (exact) mass is 284 g/mol. The first-order chi connectivity index (χ1) is 9.91. The van der Waals surface area contributed by atoms with Gasteiger partial charge in [-0.25, -0.2) is 0 Å². The van der Waals surface area contributed by atoms with Crippen LogP contribution in [0.2, 0.25) is 0 Å². The van der Waals surface area contributed by atoms with Crippen LogP contribution in [0.1, 0.15) is 46.3 Å². The number of Topliss-reactive ketones (excluding diaryl/α,β-unsaturated/α-hetero) is 1. The van der Waals surface area contributed by atoms with Crippen molar-refractivity contribution in [2.75, 3.05) is 7.05 Å². The quantitative estimate of drug-likeness (QED) is 0.810. The number of aryl methyl sites for hydroxylation is 1. The second-order valence-corrected chi connectivity index (χ2v) is 5.28. The minimum atomic E-state index is -0.0960. The first-order valence-electron chi connectivity index (χ1n) is 6.91. The fraction of sp³-hybridized carbons (Fsp3) is 0.294. The van der Waals surface area contributed by atoms with E-state index in [0.717, 1.165) is 5.56 Å². The van der Waals surface area contributed by atoms with Crippen molar-refractivity contribution in [3.05, 3.63) is 59.4 Å². The molecule has 0 N–H and O–H groups in total. The van der Waals surface area contributed by atoms with Gasteiger partial charge in [-0.3, -0.25) is 9.59 Å². The fourth-order valence-electron chi connectivity index (χ4n) is 2.28. The van der Waals surface area contributed by atoms with Crippen molar-refractivity contribution in [3.8, 4) is 0 Å². The van der Waals surface area contributed by atoms with Crippen molar-refractivity contribution < 1.29 is 9.59 Å². The molecule has 110 valence electrons. The summed E-state index contributed by atoms with van der Waals surface area (Å²) in [5, 5.41) is 0. The van der Waals surface area contributed by atoms with Crippen molar-refractivity contribution in [1.29, 1.82) is 0 Å². The standard InChI is InChI=1S/C17H20N2O2/c1-12(14-8-6-5-7-9-14)19(4)17(21)16-10-15(13(2)20)11-18(16)3/h5-12H,1-4H3/t12-/m0/s1. The van der Waals surface area contributed by atoms with Crippen LogP contribution >= 0.6 is 0 Å². The molecule has 0 aliphatic carbocycles. The molecule has 0 unspecified atom stereocenters. The van der Waals surface area contributed by atoms with Crippen molar-refractivity contribution >= 4 is 11.7 Å². The van der Waals surface area contributed by atoms with E-state index in [9.17, 15) is 9.59 Å². The first kappa shape index (κ1) is 15.0. The highest BCUT2D eigenvalue weighted by Gasteiger charge is 2.22. The molecule has 1 heterocycles. The van der Waals surface area contributed by atoms with E-state index < -0.39 is 0 Å². The maximum absolute atomic E-state index is 12.6. The minimum absolute atomic E-state index is 0.0330. The van der Waals surface area contributed by atoms with E-state index >= 15 is 0 Å². The Hall–Kier alpha value is -2.36. The van der Waals surface area contributed by atoms with E-state index in [1.54, 1.807) is 35.8 Å². The number of nitrogens with zero attached hydrogens (tertiary/aromatic N) is 2. The number of aromatic nitrogens is 1. The Morgan fingerprint density at radius 3 is 2.33 bits per heavy atom. The van der Waals surface area contributed by atoms with Crippen LogP contribution in [0, 0.1) is 0 Å². The molecule has 0 aliphatic heterocycles. The Morgan fingerprint density at radius 2 is 1.81 bits per heavy atom. The molecular formula is C17H20N2O2. The largest absolute Gasteiger partial charge is 0.346 e. The van der Waals surface area contributed by atoms with Crippen molar-refractivity contribution in [2.45, 2.75) is 19.9 Å². The van der Waals surface area contributed by atoms with E-state index in [2.05, 4.69) is 0 Å². The lowest BCUT2D eigenvalue weighted by Crippen LogP contribution is -2.30. The van der Waals surface area contributed by atoms with Gasteiger partial charge in [0, 0.05) is 25.9 Å². The molecule has 4 nitrogen and oxygen atoms in total. The second kappa shape index (κ2) is 5.95. The number of ketones is 1. The summed E-state index contributed by atoms with van der Waals surface area (Å²) < 4.78 is 1.70. The minimum Gasteiger partial charge on any atom is -0.346 e. The van der Waals surface area contributed by atoms with Crippen LogP contribution in [0.5, 0.6) is 0 Å². The molecule has 1 aromatic heterocycles. The highest BCUT2D eigenvalue weighted by Crippen LogP contribution is 2.21. The molecule has 0 saturated heterocycles. The zero-order valence-corrected chi connectivity index (χ0v) is 12.8. The smallest absolute Gasteiger partial charge is 0.270 e. The molecule has 0 aliphatic rings. The zero-order chi connectivity index (χ0) is 15.6. The highest BCUT2D eigenvalue weighted by atomic mass is 16.2. The Morgan fingerprint density at radius 1 is 1.19 bits per heavy atom. The van der Waals surface area contributed by atoms with Crippen LogP contribution in [0.15, 0.2) is 42.6 Å². The second-order valence-electron chi connectivity index (χ2n) is 5.28. The van der Waals surface area contributed by atoms with E-state index in [-0.39, 0.29) is 17.7 Å². The van der Waals surface area contributed by atoms with Gasteiger partial charge < -0.3 is 9.47 Å². The van der Waals surface area contributed by atoms with Crippen molar-refractivity contribution in [2.24, 2.45) is 7.05 Å². The van der Waals surface area contributed by atoms with Gasteiger partial charge in [-0.2, -0.15) is 0 Å². The number of benzene rings is 1. The predicted octanol–water partition coefficient (Wildman–Crippen LogP) is 3.06. The lowest BCUT2D eigenvalue weighted by Gasteiger charge is -2.25. The van der Waals surface area contributed by atoms with Gasteiger partial charge in [0.05, 0.1) is 6.04 Å². The van der Waals surface area contributed by atoms with Crippen LogP contribution in [-0.2, 0) is 7.05 Å². The lowest BCUT2D eigenvalue weighted by atomic mass is 10.1. The molecule has 0 fully saturated rings.